The summed E-state index contributed by atoms with van der Waals surface area (Å²) in [6.07, 6.45) is 59.1. The molecular weight excluding hydrogens is 781 g/mol. The van der Waals surface area contributed by atoms with Crippen molar-refractivity contribution in [1.82, 2.24) is 0 Å². The van der Waals surface area contributed by atoms with Gasteiger partial charge in [-0.3, -0.25) is 14.4 Å². The third-order valence-electron chi connectivity index (χ3n) is 12.5. The van der Waals surface area contributed by atoms with Crippen molar-refractivity contribution in [2.75, 3.05) is 13.2 Å². The molecule has 0 aromatic carbocycles. The van der Waals surface area contributed by atoms with Gasteiger partial charge >= 0.3 is 11.9 Å². The van der Waals surface area contributed by atoms with Crippen LogP contribution in [0.15, 0.2) is 36.5 Å². The Morgan fingerprint density at radius 2 is 0.746 bits per heavy atom. The number of allylic oxidation sites excluding steroid dienone is 6. The Labute approximate surface area is 391 Å². The van der Waals surface area contributed by atoms with Gasteiger partial charge in [-0.25, -0.2) is 0 Å². The molecule has 0 aromatic heterocycles. The quantitative estimate of drug-likeness (QED) is 0.0372. The number of carbonyl (C=O) groups excluding carboxylic acids is 3. The predicted molar refractivity (Wildman–Crippen MR) is 270 cm³/mol. The Kier molecular flexibility index (Phi) is 49.0. The second kappa shape index (κ2) is 50.8. The molecule has 0 bridgehead atoms. The average molecular weight is 885 g/mol. The number of unbranched alkanes of at least 4 members (excludes halogenated alkanes) is 30. The number of ether oxygens (including phenoxy) is 2. The molecule has 0 saturated carbocycles. The molecule has 0 aliphatic carbocycles. The first kappa shape index (κ1) is 60.8. The molecule has 6 heteroatoms. The summed E-state index contributed by atoms with van der Waals surface area (Å²) < 4.78 is 10.9. The molecule has 0 amide bonds. The smallest absolute Gasteiger partial charge is 0.306 e. The van der Waals surface area contributed by atoms with Crippen LogP contribution in [0, 0.1) is 5.92 Å². The summed E-state index contributed by atoms with van der Waals surface area (Å²) >= 11 is 0. The van der Waals surface area contributed by atoms with Crippen LogP contribution >= 0.6 is 0 Å². The van der Waals surface area contributed by atoms with E-state index in [1.165, 1.54) is 154 Å². The van der Waals surface area contributed by atoms with Crippen LogP contribution in [-0.2, 0) is 23.9 Å². The van der Waals surface area contributed by atoms with Crippen LogP contribution in [0.25, 0.3) is 0 Å². The molecule has 6 nitrogen and oxygen atoms in total. The first-order valence-electron chi connectivity index (χ1n) is 27.4. The fourth-order valence-electron chi connectivity index (χ4n) is 8.23. The highest BCUT2D eigenvalue weighted by atomic mass is 16.6. The predicted octanol–water partition coefficient (Wildman–Crippen LogP) is 17.3. The minimum Gasteiger partial charge on any atom is -0.462 e. The van der Waals surface area contributed by atoms with Crippen LogP contribution in [-0.4, -0.2) is 42.1 Å². The lowest BCUT2D eigenvalue weighted by Crippen LogP contribution is -2.29. The highest BCUT2D eigenvalue weighted by molar-refractivity contribution is 5.81. The molecule has 0 fully saturated rings. The highest BCUT2D eigenvalue weighted by Gasteiger charge is 2.22. The van der Waals surface area contributed by atoms with E-state index in [4.69, 9.17) is 9.47 Å². The Morgan fingerprint density at radius 3 is 1.14 bits per heavy atom. The molecule has 0 saturated heterocycles. The number of aliphatic hydroxyl groups is 1. The summed E-state index contributed by atoms with van der Waals surface area (Å²) in [6, 6.07) is 0. The third-order valence-corrected chi connectivity index (χ3v) is 12.5. The summed E-state index contributed by atoms with van der Waals surface area (Å²) in [4.78, 5) is 38.7. The van der Waals surface area contributed by atoms with E-state index in [0.717, 1.165) is 83.5 Å². The van der Waals surface area contributed by atoms with E-state index < -0.39 is 18.7 Å². The first-order chi connectivity index (χ1) is 31.0. The van der Waals surface area contributed by atoms with Gasteiger partial charge in [0.25, 0.3) is 0 Å². The normalized spacial score (nSPS) is 12.8. The molecule has 63 heavy (non-hydrogen) atoms. The first-order valence-corrected chi connectivity index (χ1v) is 27.4. The third kappa shape index (κ3) is 46.1. The summed E-state index contributed by atoms with van der Waals surface area (Å²) in [5.41, 5.74) is 0. The molecule has 0 aliphatic heterocycles. The number of carbonyl (C=O) groups is 3. The van der Waals surface area contributed by atoms with E-state index in [1.807, 2.05) is 0 Å². The van der Waals surface area contributed by atoms with Crippen LogP contribution in [0.1, 0.15) is 284 Å². The summed E-state index contributed by atoms with van der Waals surface area (Å²) in [5, 5.41) is 9.88. The maximum atomic E-state index is 13.5. The molecule has 1 N–H and O–H groups in total. The number of ketones is 1. The van der Waals surface area contributed by atoms with Crippen LogP contribution in [0.2, 0.25) is 0 Å². The molecule has 368 valence electrons. The minimum atomic E-state index is -0.886. The number of rotatable bonds is 50. The molecular formula is C57H104O6. The molecule has 2 atom stereocenters. The number of hydrogen-bond donors (Lipinski definition) is 1. The molecule has 0 heterocycles. The average Bonchev–Trinajstić information content (AvgIpc) is 3.28. The number of hydrogen-bond acceptors (Lipinski definition) is 6. The van der Waals surface area contributed by atoms with Gasteiger partial charge in [-0.1, -0.05) is 198 Å². The second-order valence-electron chi connectivity index (χ2n) is 18.7. The zero-order chi connectivity index (χ0) is 45.9. The van der Waals surface area contributed by atoms with Gasteiger partial charge < -0.3 is 14.6 Å². The van der Waals surface area contributed by atoms with Gasteiger partial charge in [-0.15, -0.1) is 0 Å². The van der Waals surface area contributed by atoms with Gasteiger partial charge in [0.1, 0.15) is 12.4 Å². The van der Waals surface area contributed by atoms with Crippen molar-refractivity contribution in [3.63, 3.8) is 0 Å². The number of aliphatic hydroxyl groups excluding tert-OH is 1. The van der Waals surface area contributed by atoms with Crippen LogP contribution in [0.5, 0.6) is 0 Å². The largest absolute Gasteiger partial charge is 0.462 e. The Hall–Kier alpha value is -2.21. The van der Waals surface area contributed by atoms with E-state index in [1.54, 1.807) is 0 Å². The van der Waals surface area contributed by atoms with E-state index in [2.05, 4.69) is 57.2 Å². The second-order valence-corrected chi connectivity index (χ2v) is 18.7. The maximum Gasteiger partial charge on any atom is 0.306 e. The van der Waals surface area contributed by atoms with Crippen molar-refractivity contribution in [2.45, 2.75) is 290 Å². The zero-order valence-electron chi connectivity index (χ0n) is 42.0. The summed E-state index contributed by atoms with van der Waals surface area (Å²) in [6.45, 7) is 6.23. The molecule has 0 aromatic rings. The van der Waals surface area contributed by atoms with Crippen molar-refractivity contribution in [3.05, 3.63) is 36.5 Å². The van der Waals surface area contributed by atoms with Crippen molar-refractivity contribution in [1.29, 1.82) is 0 Å². The Balaban J connectivity index is 4.49. The summed E-state index contributed by atoms with van der Waals surface area (Å²) in [5.74, 6) is -0.653. The van der Waals surface area contributed by atoms with Crippen molar-refractivity contribution < 1.29 is 29.0 Å². The van der Waals surface area contributed by atoms with Gasteiger partial charge in [0.15, 0.2) is 6.10 Å². The molecule has 0 radical (unpaired) electrons. The monoisotopic (exact) mass is 885 g/mol. The van der Waals surface area contributed by atoms with Crippen molar-refractivity contribution >= 4 is 17.7 Å². The Morgan fingerprint density at radius 1 is 0.397 bits per heavy atom. The van der Waals surface area contributed by atoms with E-state index >= 15 is 0 Å². The van der Waals surface area contributed by atoms with E-state index in [-0.39, 0.29) is 30.7 Å². The van der Waals surface area contributed by atoms with Crippen LogP contribution in [0.3, 0.4) is 0 Å². The van der Waals surface area contributed by atoms with Gasteiger partial charge in [-0.05, 0) is 103 Å². The number of esters is 2. The van der Waals surface area contributed by atoms with Gasteiger partial charge in [0.2, 0.25) is 0 Å². The number of Topliss-reactive ketones (excluding diaryl/α,β-unsaturated/α-hetero) is 1. The van der Waals surface area contributed by atoms with Gasteiger partial charge in [-0.2, -0.15) is 0 Å². The van der Waals surface area contributed by atoms with Crippen LogP contribution < -0.4 is 0 Å². The van der Waals surface area contributed by atoms with E-state index in [9.17, 15) is 19.5 Å². The lowest BCUT2D eigenvalue weighted by molar-refractivity contribution is -0.161. The van der Waals surface area contributed by atoms with Crippen molar-refractivity contribution in [2.24, 2.45) is 5.92 Å². The lowest BCUT2D eigenvalue weighted by atomic mass is 9.89. The van der Waals surface area contributed by atoms with Gasteiger partial charge in [0, 0.05) is 25.2 Å². The maximum absolute atomic E-state index is 13.5. The van der Waals surface area contributed by atoms with E-state index in [0.29, 0.717) is 19.3 Å². The Bertz CT molecular complexity index is 1080. The molecule has 0 rings (SSSR count). The van der Waals surface area contributed by atoms with Gasteiger partial charge in [0.05, 0.1) is 6.61 Å². The summed E-state index contributed by atoms with van der Waals surface area (Å²) in [7, 11) is 0. The topological polar surface area (TPSA) is 89.9 Å². The molecule has 0 spiro atoms. The molecule has 2 unspecified atom stereocenters. The standard InChI is InChI=1S/C57H104O6/c1-4-7-10-13-16-19-22-25-27-29-32-35-38-41-44-47-55(59)53(46-43-40-37-34-31-24-21-18-15-12-9-6-3)49-50-57(61)63-54(51-58)52-62-56(60)48-45-42-39-36-33-30-28-26-23-20-17-14-11-8-5-2/h25-28,31,34,53-54,58H,4-24,29-30,32-33,35-52H2,1-3H3. The van der Waals surface area contributed by atoms with Crippen molar-refractivity contribution in [3.8, 4) is 0 Å². The lowest BCUT2D eigenvalue weighted by Gasteiger charge is -2.18. The molecule has 0 aliphatic rings. The SMILES string of the molecule is CCCCCCCCC=CCCCCCCCC(=O)OCC(CO)OC(=O)CCC(CCCCC=CCCCCCCCC)C(=O)CCCCCCCC=CCCCCCCCC. The minimum absolute atomic E-state index is 0.125. The highest BCUT2D eigenvalue weighted by Crippen LogP contribution is 2.22. The fourth-order valence-corrected chi connectivity index (χ4v) is 8.23. The fraction of sp³-hybridized carbons (Fsp3) is 0.842. The van der Waals surface area contributed by atoms with Crippen LogP contribution in [0.4, 0.5) is 0 Å². The zero-order valence-corrected chi connectivity index (χ0v) is 42.0.